The molecule has 0 spiro atoms. The van der Waals surface area contributed by atoms with E-state index in [1.165, 1.54) is 10.5 Å². The second-order valence-electron chi connectivity index (χ2n) is 4.65. The van der Waals surface area contributed by atoms with E-state index in [9.17, 15) is 9.59 Å². The van der Waals surface area contributed by atoms with Crippen molar-refractivity contribution in [3.63, 3.8) is 0 Å². The highest BCUT2D eigenvalue weighted by molar-refractivity contribution is 8.00. The van der Waals surface area contributed by atoms with Crippen LogP contribution in [0.25, 0.3) is 0 Å². The first-order valence-electron chi connectivity index (χ1n) is 6.08. The molecule has 1 aromatic rings. The normalized spacial score (nSPS) is 17.4. The van der Waals surface area contributed by atoms with Gasteiger partial charge in [0, 0.05) is 16.7 Å². The Labute approximate surface area is 116 Å². The van der Waals surface area contributed by atoms with Gasteiger partial charge in [-0.3, -0.25) is 14.5 Å². The van der Waals surface area contributed by atoms with Gasteiger partial charge in [-0.2, -0.15) is 0 Å². The summed E-state index contributed by atoms with van der Waals surface area (Å²) in [5.41, 5.74) is 11.7. The van der Waals surface area contributed by atoms with Gasteiger partial charge in [-0.25, -0.2) is 0 Å². The Bertz CT molecular complexity index is 452. The van der Waals surface area contributed by atoms with Crippen LogP contribution in [0.15, 0.2) is 29.2 Å². The van der Waals surface area contributed by atoms with Crippen molar-refractivity contribution < 1.29 is 9.59 Å². The van der Waals surface area contributed by atoms with Gasteiger partial charge in [0.2, 0.25) is 11.8 Å². The van der Waals surface area contributed by atoms with Crippen molar-refractivity contribution in [2.75, 3.05) is 19.6 Å². The Balaban J connectivity index is 1.96. The van der Waals surface area contributed by atoms with E-state index in [-0.39, 0.29) is 13.1 Å². The average Bonchev–Trinajstić information content (AvgIpc) is 2.68. The second-order valence-corrected chi connectivity index (χ2v) is 6.00. The van der Waals surface area contributed by atoms with E-state index in [1.807, 2.05) is 12.1 Å². The van der Waals surface area contributed by atoms with Crippen molar-refractivity contribution >= 4 is 23.6 Å². The van der Waals surface area contributed by atoms with Gasteiger partial charge >= 0.3 is 0 Å². The fourth-order valence-corrected chi connectivity index (χ4v) is 3.64. The van der Waals surface area contributed by atoms with Crippen LogP contribution in [0.1, 0.15) is 5.56 Å². The van der Waals surface area contributed by atoms with E-state index < -0.39 is 11.8 Å². The van der Waals surface area contributed by atoms with Crippen LogP contribution in [0.3, 0.4) is 0 Å². The van der Waals surface area contributed by atoms with Crippen LogP contribution in [-0.4, -0.2) is 41.6 Å². The summed E-state index contributed by atoms with van der Waals surface area (Å²) in [6, 6.07) is 8.23. The van der Waals surface area contributed by atoms with Gasteiger partial charge < -0.3 is 11.5 Å². The second kappa shape index (κ2) is 6.08. The molecule has 19 heavy (non-hydrogen) atoms. The van der Waals surface area contributed by atoms with Crippen LogP contribution in [0.4, 0.5) is 0 Å². The molecule has 102 valence electrons. The van der Waals surface area contributed by atoms with E-state index in [2.05, 4.69) is 12.1 Å². The van der Waals surface area contributed by atoms with Crippen molar-refractivity contribution in [1.29, 1.82) is 0 Å². The third-order valence-electron chi connectivity index (χ3n) is 2.93. The maximum Gasteiger partial charge on any atom is 0.231 e. The molecule has 0 aromatic heterocycles. The predicted molar refractivity (Wildman–Crippen MR) is 74.6 cm³/mol. The Morgan fingerprint density at radius 1 is 1.21 bits per heavy atom. The Morgan fingerprint density at radius 2 is 1.84 bits per heavy atom. The molecule has 0 fully saturated rings. The van der Waals surface area contributed by atoms with Crippen LogP contribution < -0.4 is 11.5 Å². The molecule has 1 aliphatic rings. The number of carbonyl (C=O) groups is 2. The van der Waals surface area contributed by atoms with E-state index in [4.69, 9.17) is 11.5 Å². The summed E-state index contributed by atoms with van der Waals surface area (Å²) in [5, 5.41) is 0.330. The number of hydrogen-bond acceptors (Lipinski definition) is 4. The SMILES string of the molecule is NC(=O)CN(CC(N)=O)CC1Cc2ccccc2S1. The lowest BCUT2D eigenvalue weighted by Gasteiger charge is -2.22. The topological polar surface area (TPSA) is 89.4 Å². The highest BCUT2D eigenvalue weighted by Gasteiger charge is 2.25. The summed E-state index contributed by atoms with van der Waals surface area (Å²) >= 11 is 1.77. The summed E-state index contributed by atoms with van der Waals surface area (Å²) < 4.78 is 0. The predicted octanol–water partition coefficient (Wildman–Crippen LogP) is -0.0240. The molecule has 1 atom stereocenters. The summed E-state index contributed by atoms with van der Waals surface area (Å²) in [7, 11) is 0. The van der Waals surface area contributed by atoms with E-state index in [0.717, 1.165) is 6.42 Å². The van der Waals surface area contributed by atoms with Crippen molar-refractivity contribution in [1.82, 2.24) is 4.90 Å². The van der Waals surface area contributed by atoms with Crippen molar-refractivity contribution in [2.24, 2.45) is 11.5 Å². The summed E-state index contributed by atoms with van der Waals surface area (Å²) in [6.45, 7) is 0.762. The highest BCUT2D eigenvalue weighted by Crippen LogP contribution is 2.36. The van der Waals surface area contributed by atoms with Crippen LogP contribution in [0.5, 0.6) is 0 Å². The number of hydrogen-bond donors (Lipinski definition) is 2. The number of rotatable bonds is 6. The Morgan fingerprint density at radius 3 is 2.42 bits per heavy atom. The smallest absolute Gasteiger partial charge is 0.231 e. The molecular formula is C13H17N3O2S. The molecule has 1 aromatic carbocycles. The number of nitrogens with two attached hydrogens (primary N) is 2. The van der Waals surface area contributed by atoms with Crippen molar-refractivity contribution in [3.05, 3.63) is 29.8 Å². The fourth-order valence-electron chi connectivity index (χ4n) is 2.27. The molecular weight excluding hydrogens is 262 g/mol. The molecule has 0 bridgehead atoms. The fraction of sp³-hybridized carbons (Fsp3) is 0.385. The van der Waals surface area contributed by atoms with Crippen molar-refractivity contribution in [2.45, 2.75) is 16.6 Å². The van der Waals surface area contributed by atoms with E-state index >= 15 is 0 Å². The number of nitrogens with zero attached hydrogens (tertiary/aromatic N) is 1. The van der Waals surface area contributed by atoms with E-state index in [0.29, 0.717) is 11.8 Å². The minimum Gasteiger partial charge on any atom is -0.369 e. The van der Waals surface area contributed by atoms with Gasteiger partial charge in [0.1, 0.15) is 0 Å². The van der Waals surface area contributed by atoms with Crippen LogP contribution in [0.2, 0.25) is 0 Å². The summed E-state index contributed by atoms with van der Waals surface area (Å²) in [6.07, 6.45) is 0.939. The Hall–Kier alpha value is -1.53. The lowest BCUT2D eigenvalue weighted by atomic mass is 10.1. The molecule has 0 radical (unpaired) electrons. The van der Waals surface area contributed by atoms with Gasteiger partial charge in [0.15, 0.2) is 0 Å². The van der Waals surface area contributed by atoms with Crippen LogP contribution in [0, 0.1) is 0 Å². The highest BCUT2D eigenvalue weighted by atomic mass is 32.2. The van der Waals surface area contributed by atoms with E-state index in [1.54, 1.807) is 16.7 Å². The standard InChI is InChI=1S/C13H17N3O2S/c14-12(17)7-16(8-13(15)18)6-10-5-9-3-1-2-4-11(9)19-10/h1-4,10H,5-8H2,(H2,14,17)(H2,15,18). The molecule has 0 aliphatic carbocycles. The number of thioether (sulfide) groups is 1. The molecule has 1 unspecified atom stereocenters. The van der Waals surface area contributed by atoms with Gasteiger partial charge in [0.25, 0.3) is 0 Å². The summed E-state index contributed by atoms with van der Waals surface area (Å²) in [4.78, 5) is 25.0. The maximum absolute atomic E-state index is 11.0. The molecule has 0 saturated carbocycles. The molecule has 1 aliphatic heterocycles. The molecule has 2 amide bonds. The maximum atomic E-state index is 11.0. The summed E-state index contributed by atoms with van der Waals surface area (Å²) in [5.74, 6) is -0.886. The number of benzene rings is 1. The third-order valence-corrected chi connectivity index (χ3v) is 4.24. The van der Waals surface area contributed by atoms with Gasteiger partial charge in [-0.15, -0.1) is 11.8 Å². The third kappa shape index (κ3) is 3.97. The first kappa shape index (κ1) is 13.9. The zero-order valence-electron chi connectivity index (χ0n) is 10.5. The minimum absolute atomic E-state index is 0.0658. The number of primary amides is 2. The van der Waals surface area contributed by atoms with Crippen molar-refractivity contribution in [3.8, 4) is 0 Å². The number of amides is 2. The van der Waals surface area contributed by atoms with Crippen LogP contribution >= 0.6 is 11.8 Å². The molecule has 4 N–H and O–H groups in total. The molecule has 2 rings (SSSR count). The first-order chi connectivity index (χ1) is 9.04. The monoisotopic (exact) mass is 279 g/mol. The quantitative estimate of drug-likeness (QED) is 0.765. The molecule has 1 heterocycles. The molecule has 5 nitrogen and oxygen atoms in total. The molecule has 6 heteroatoms. The minimum atomic E-state index is -0.443. The Kier molecular flexibility index (Phi) is 4.44. The zero-order chi connectivity index (χ0) is 13.8. The van der Waals surface area contributed by atoms with Gasteiger partial charge in [-0.1, -0.05) is 18.2 Å². The van der Waals surface area contributed by atoms with Crippen LogP contribution in [-0.2, 0) is 16.0 Å². The number of fused-ring (bicyclic) bond motifs is 1. The zero-order valence-corrected chi connectivity index (χ0v) is 11.4. The van der Waals surface area contributed by atoms with Gasteiger partial charge in [-0.05, 0) is 18.1 Å². The largest absolute Gasteiger partial charge is 0.369 e. The molecule has 0 saturated heterocycles. The van der Waals surface area contributed by atoms with Gasteiger partial charge in [0.05, 0.1) is 13.1 Å². The lowest BCUT2D eigenvalue weighted by Crippen LogP contribution is -2.42. The number of carbonyl (C=O) groups excluding carboxylic acids is 2. The first-order valence-corrected chi connectivity index (χ1v) is 6.96. The lowest BCUT2D eigenvalue weighted by molar-refractivity contribution is -0.121. The average molecular weight is 279 g/mol.